The molecule has 4 aliphatic rings. The molecule has 0 N–H and O–H groups in total. The summed E-state index contributed by atoms with van der Waals surface area (Å²) in [6.45, 7) is 0. The smallest absolute Gasteiger partial charge is 1.00 e. The molecule has 0 spiro atoms. The molecule has 0 aromatic carbocycles. The van der Waals surface area contributed by atoms with Gasteiger partial charge < -0.3 is 24.8 Å². The van der Waals surface area contributed by atoms with Crippen LogP contribution in [0.25, 0.3) is 0 Å². The second-order valence-corrected chi connectivity index (χ2v) is 10.7. The third-order valence-corrected chi connectivity index (χ3v) is 10.5. The molecule has 2 saturated carbocycles. The molecule has 0 radical (unpaired) electrons. The Morgan fingerprint density at radius 1 is 0.714 bits per heavy atom. The van der Waals surface area contributed by atoms with Gasteiger partial charge in [0.05, 0.1) is 0 Å². The van der Waals surface area contributed by atoms with E-state index in [4.69, 9.17) is 0 Å². The molecule has 112 valence electrons. The van der Waals surface area contributed by atoms with Crippen LogP contribution in [0.2, 0.25) is 7.25 Å². The Kier molecular flexibility index (Phi) is 6.60. The van der Waals surface area contributed by atoms with E-state index in [9.17, 15) is 0 Å². The van der Waals surface area contributed by atoms with Gasteiger partial charge in [-0.3, -0.25) is 0 Å². The van der Waals surface area contributed by atoms with Gasteiger partial charge in [0.15, 0.2) is 0 Å². The summed E-state index contributed by atoms with van der Waals surface area (Å²) in [5, 5.41) is 0. The Morgan fingerprint density at radius 3 is 1.67 bits per heavy atom. The van der Waals surface area contributed by atoms with Crippen molar-refractivity contribution in [2.75, 3.05) is 0 Å². The zero-order chi connectivity index (χ0) is 12.7. The first-order valence-electron chi connectivity index (χ1n) is 7.91. The van der Waals surface area contributed by atoms with Gasteiger partial charge in [0, 0.05) is 0 Å². The van der Waals surface area contributed by atoms with Crippen LogP contribution >= 0.6 is 0 Å². The molecule has 0 amide bonds. The molecule has 0 heterocycles. The maximum atomic E-state index is 2.48. The zero-order valence-electron chi connectivity index (χ0n) is 12.3. The Bertz CT molecular complexity index is 445. The van der Waals surface area contributed by atoms with Crippen molar-refractivity contribution < 1.29 is 48.0 Å². The summed E-state index contributed by atoms with van der Waals surface area (Å²) in [6.07, 6.45) is 23.0. The van der Waals surface area contributed by atoms with Crippen LogP contribution in [0.5, 0.6) is 0 Å². The topological polar surface area (TPSA) is 0 Å². The summed E-state index contributed by atoms with van der Waals surface area (Å²) in [4.78, 5) is 0. The van der Waals surface area contributed by atoms with Gasteiger partial charge in [-0.25, -0.2) is 0 Å². The van der Waals surface area contributed by atoms with Gasteiger partial charge in [-0.1, -0.05) is 0 Å². The first-order valence-corrected chi connectivity index (χ1v) is 10.7. The summed E-state index contributed by atoms with van der Waals surface area (Å²) >= 11 is -0.287. The fraction of sp³-hybridized carbons (Fsp3) is 0.556. The summed E-state index contributed by atoms with van der Waals surface area (Å²) in [5.41, 5.74) is 3.73. The van der Waals surface area contributed by atoms with Crippen LogP contribution in [0.15, 0.2) is 47.6 Å². The molecular weight excluding hydrogens is 378 g/mol. The number of rotatable bonds is 2. The maximum absolute atomic E-state index is 2.48. The van der Waals surface area contributed by atoms with Crippen LogP contribution in [0.3, 0.4) is 0 Å². The van der Waals surface area contributed by atoms with E-state index >= 15 is 0 Å². The predicted molar refractivity (Wildman–Crippen MR) is 76.6 cm³/mol. The van der Waals surface area contributed by atoms with Crippen LogP contribution in [0.4, 0.5) is 0 Å². The van der Waals surface area contributed by atoms with Crippen molar-refractivity contribution in [2.24, 2.45) is 11.8 Å². The van der Waals surface area contributed by atoms with E-state index in [1.807, 2.05) is 11.1 Å². The quantitative estimate of drug-likeness (QED) is 0.572. The van der Waals surface area contributed by atoms with Crippen molar-refractivity contribution in [3.63, 3.8) is 0 Å². The van der Waals surface area contributed by atoms with Gasteiger partial charge in [-0.15, -0.1) is 0 Å². The Balaban J connectivity index is 0.000000807. The van der Waals surface area contributed by atoms with Gasteiger partial charge >= 0.3 is 128 Å². The molecule has 0 aliphatic heterocycles. The number of halogens is 2. The number of hydrogen-bond donors (Lipinski definition) is 0. The molecule has 4 rings (SSSR count). The Morgan fingerprint density at radius 2 is 1.19 bits per heavy atom. The van der Waals surface area contributed by atoms with Crippen LogP contribution in [0, 0.1) is 11.8 Å². The molecular formula is C18H22Cl2Zr. The standard InChI is InChI=1S/2C9H11.2ClH.Zr/c2*1-2-5-9-7-3-6-8(9)4-1;;;/h2*1-2,4,6,9H,3,5,7H2;2*1H;/q;;;;+2/p-2. The van der Waals surface area contributed by atoms with Crippen molar-refractivity contribution in [1.29, 1.82) is 0 Å². The number of fused-ring (bicyclic) bond motifs is 2. The van der Waals surface area contributed by atoms with Gasteiger partial charge in [0.1, 0.15) is 0 Å². The van der Waals surface area contributed by atoms with E-state index in [0.717, 1.165) is 19.1 Å². The molecule has 4 unspecified atom stereocenters. The second kappa shape index (κ2) is 7.80. The van der Waals surface area contributed by atoms with E-state index in [1.165, 1.54) is 38.5 Å². The predicted octanol–water partition coefficient (Wildman–Crippen LogP) is -0.753. The molecule has 3 heteroatoms. The Hall–Kier alpha value is 0.423. The SMILES string of the molecule is C1=CCC2CC[CH]([Zr+2][CH]3CCC4CC=CC=C43)C2=C1.[Cl-].[Cl-]. The van der Waals surface area contributed by atoms with E-state index in [0.29, 0.717) is 0 Å². The van der Waals surface area contributed by atoms with Crippen molar-refractivity contribution in [1.82, 2.24) is 0 Å². The first kappa shape index (κ1) is 17.8. The largest absolute Gasteiger partial charge is 1.00 e. The molecule has 4 atom stereocenters. The van der Waals surface area contributed by atoms with Gasteiger partial charge in [-0.2, -0.15) is 0 Å². The average Bonchev–Trinajstić information content (AvgIpc) is 3.05. The molecule has 21 heavy (non-hydrogen) atoms. The van der Waals surface area contributed by atoms with E-state index in [1.54, 1.807) is 0 Å². The van der Waals surface area contributed by atoms with Crippen LogP contribution in [0.1, 0.15) is 38.5 Å². The third-order valence-electron chi connectivity index (χ3n) is 5.45. The minimum atomic E-state index is -0.287. The summed E-state index contributed by atoms with van der Waals surface area (Å²) in [5.74, 6) is 1.88. The molecule has 0 nitrogen and oxygen atoms in total. The molecule has 4 aliphatic carbocycles. The van der Waals surface area contributed by atoms with Crippen molar-refractivity contribution >= 4 is 0 Å². The molecule has 0 bridgehead atoms. The van der Waals surface area contributed by atoms with Gasteiger partial charge in [0.25, 0.3) is 0 Å². The fourth-order valence-corrected chi connectivity index (χ4v) is 9.84. The molecule has 0 saturated heterocycles. The van der Waals surface area contributed by atoms with Gasteiger partial charge in [-0.05, 0) is 0 Å². The van der Waals surface area contributed by atoms with Crippen molar-refractivity contribution in [2.45, 2.75) is 45.8 Å². The summed E-state index contributed by atoms with van der Waals surface area (Å²) in [7, 11) is 0. The molecule has 0 aromatic heterocycles. The minimum Gasteiger partial charge on any atom is -1.00 e. The summed E-state index contributed by atoms with van der Waals surface area (Å²) < 4.78 is 2.13. The van der Waals surface area contributed by atoms with Gasteiger partial charge in [0.2, 0.25) is 0 Å². The average molecular weight is 401 g/mol. The monoisotopic (exact) mass is 398 g/mol. The molecule has 0 aromatic rings. The van der Waals surface area contributed by atoms with Crippen molar-refractivity contribution in [3.8, 4) is 0 Å². The first-order chi connectivity index (χ1) is 9.42. The fourth-order valence-electron chi connectivity index (χ4n) is 4.43. The third kappa shape index (κ3) is 3.51. The van der Waals surface area contributed by atoms with E-state index < -0.39 is 0 Å². The van der Waals surface area contributed by atoms with Crippen LogP contribution in [-0.2, 0) is 23.2 Å². The van der Waals surface area contributed by atoms with Crippen LogP contribution in [-0.4, -0.2) is 0 Å². The maximum Gasteiger partial charge on any atom is -1.00 e. The number of allylic oxidation sites excluding steroid dienone is 8. The summed E-state index contributed by atoms with van der Waals surface area (Å²) in [6, 6.07) is 0. The second-order valence-electron chi connectivity index (χ2n) is 6.48. The minimum absolute atomic E-state index is 0. The van der Waals surface area contributed by atoms with Crippen LogP contribution < -0.4 is 24.8 Å². The zero-order valence-corrected chi connectivity index (χ0v) is 16.2. The van der Waals surface area contributed by atoms with Crippen molar-refractivity contribution in [3.05, 3.63) is 47.6 Å². The number of hydrogen-bond acceptors (Lipinski definition) is 0. The molecule has 2 fully saturated rings. The normalized spacial score (nSPS) is 35.6. The van der Waals surface area contributed by atoms with E-state index in [-0.39, 0.29) is 48.0 Å². The van der Waals surface area contributed by atoms with E-state index in [2.05, 4.69) is 36.5 Å². The Labute approximate surface area is 152 Å².